The zero-order valence-electron chi connectivity index (χ0n) is 8.95. The Bertz CT molecular complexity index is 528. The summed E-state index contributed by atoms with van der Waals surface area (Å²) in [6, 6.07) is 3.63. The zero-order valence-corrected chi connectivity index (χ0v) is 9.71. The van der Waals surface area contributed by atoms with Crippen LogP contribution in [0.3, 0.4) is 0 Å². The third-order valence-electron chi connectivity index (χ3n) is 2.18. The van der Waals surface area contributed by atoms with Crippen LogP contribution in [0.25, 0.3) is 0 Å². The second kappa shape index (κ2) is 4.79. The SMILES string of the molecule is CC(Cl)c1noc(Cc2ccc(F)c(F)c2)n1. The Morgan fingerprint density at radius 2 is 2.12 bits per heavy atom. The van der Waals surface area contributed by atoms with Crippen molar-refractivity contribution in [3.63, 3.8) is 0 Å². The topological polar surface area (TPSA) is 38.9 Å². The van der Waals surface area contributed by atoms with Crippen LogP contribution < -0.4 is 0 Å². The fraction of sp³-hybridized carbons (Fsp3) is 0.273. The van der Waals surface area contributed by atoms with Crippen LogP contribution >= 0.6 is 11.6 Å². The molecule has 17 heavy (non-hydrogen) atoms. The minimum absolute atomic E-state index is 0.244. The zero-order chi connectivity index (χ0) is 12.4. The van der Waals surface area contributed by atoms with Crippen LogP contribution in [0.5, 0.6) is 0 Å². The lowest BCUT2D eigenvalue weighted by Gasteiger charge is -1.97. The van der Waals surface area contributed by atoms with Gasteiger partial charge in [-0.3, -0.25) is 0 Å². The molecule has 90 valence electrons. The van der Waals surface area contributed by atoms with Crippen molar-refractivity contribution in [3.05, 3.63) is 47.1 Å². The number of alkyl halides is 1. The van der Waals surface area contributed by atoms with Crippen LogP contribution in [0.4, 0.5) is 8.78 Å². The summed E-state index contributed by atoms with van der Waals surface area (Å²) >= 11 is 5.77. The first-order chi connectivity index (χ1) is 8.06. The van der Waals surface area contributed by atoms with E-state index in [2.05, 4.69) is 10.1 Å². The highest BCUT2D eigenvalue weighted by atomic mass is 35.5. The van der Waals surface area contributed by atoms with Crippen LogP contribution in [0.15, 0.2) is 22.7 Å². The molecule has 2 rings (SSSR count). The van der Waals surface area contributed by atoms with Gasteiger partial charge >= 0.3 is 0 Å². The molecule has 1 atom stereocenters. The summed E-state index contributed by atoms with van der Waals surface area (Å²) in [7, 11) is 0. The number of aromatic nitrogens is 2. The van der Waals surface area contributed by atoms with E-state index in [1.165, 1.54) is 6.07 Å². The Morgan fingerprint density at radius 1 is 1.35 bits per heavy atom. The lowest BCUT2D eigenvalue weighted by molar-refractivity contribution is 0.379. The summed E-state index contributed by atoms with van der Waals surface area (Å²) < 4.78 is 30.6. The molecule has 0 fully saturated rings. The molecule has 0 aliphatic rings. The molecule has 0 saturated carbocycles. The van der Waals surface area contributed by atoms with Gasteiger partial charge in [0.2, 0.25) is 5.89 Å². The van der Waals surface area contributed by atoms with Gasteiger partial charge in [-0.1, -0.05) is 11.2 Å². The predicted molar refractivity (Wildman–Crippen MR) is 57.7 cm³/mol. The van der Waals surface area contributed by atoms with Crippen LogP contribution in [0, 0.1) is 11.6 Å². The average Bonchev–Trinajstić information content (AvgIpc) is 2.72. The molecule has 0 saturated heterocycles. The molecule has 6 heteroatoms. The first kappa shape index (κ1) is 12.0. The maximum Gasteiger partial charge on any atom is 0.231 e. The molecule has 0 aliphatic heterocycles. The summed E-state index contributed by atoms with van der Waals surface area (Å²) in [6.45, 7) is 1.72. The number of benzene rings is 1. The van der Waals surface area contributed by atoms with Crippen molar-refractivity contribution in [1.29, 1.82) is 0 Å². The molecule has 0 aliphatic carbocycles. The molecule has 0 spiro atoms. The van der Waals surface area contributed by atoms with Crippen LogP contribution in [0.2, 0.25) is 0 Å². The largest absolute Gasteiger partial charge is 0.339 e. The summed E-state index contributed by atoms with van der Waals surface area (Å²) in [5.41, 5.74) is 0.557. The van der Waals surface area contributed by atoms with E-state index in [4.69, 9.17) is 16.1 Å². The maximum atomic E-state index is 13.0. The van der Waals surface area contributed by atoms with Gasteiger partial charge in [0, 0.05) is 0 Å². The number of halogens is 3. The number of hydrogen-bond donors (Lipinski definition) is 0. The predicted octanol–water partition coefficient (Wildman–Crippen LogP) is 3.24. The van der Waals surface area contributed by atoms with Crippen molar-refractivity contribution < 1.29 is 13.3 Å². The first-order valence-electron chi connectivity index (χ1n) is 4.96. The Labute approximate surface area is 101 Å². The number of hydrogen-bond acceptors (Lipinski definition) is 3. The highest BCUT2D eigenvalue weighted by Crippen LogP contribution is 2.17. The summed E-state index contributed by atoms with van der Waals surface area (Å²) in [6.07, 6.45) is 0.244. The molecule has 1 aromatic carbocycles. The highest BCUT2D eigenvalue weighted by molar-refractivity contribution is 6.20. The van der Waals surface area contributed by atoms with Gasteiger partial charge in [-0.15, -0.1) is 11.6 Å². The van der Waals surface area contributed by atoms with E-state index < -0.39 is 11.6 Å². The smallest absolute Gasteiger partial charge is 0.231 e. The number of rotatable bonds is 3. The van der Waals surface area contributed by atoms with E-state index in [9.17, 15) is 8.78 Å². The van der Waals surface area contributed by atoms with Gasteiger partial charge in [0.1, 0.15) is 0 Å². The van der Waals surface area contributed by atoms with Crippen LogP contribution in [0.1, 0.15) is 29.6 Å². The Hall–Kier alpha value is -1.49. The monoisotopic (exact) mass is 258 g/mol. The molecular weight excluding hydrogens is 250 g/mol. The molecular formula is C11H9ClF2N2O. The summed E-state index contributed by atoms with van der Waals surface area (Å²) in [5.74, 6) is -1.08. The Morgan fingerprint density at radius 3 is 2.71 bits per heavy atom. The fourth-order valence-corrected chi connectivity index (χ4v) is 1.41. The molecule has 0 radical (unpaired) electrons. The van der Waals surface area contributed by atoms with Crippen LogP contribution in [-0.4, -0.2) is 10.1 Å². The second-order valence-corrected chi connectivity index (χ2v) is 4.24. The highest BCUT2D eigenvalue weighted by Gasteiger charge is 2.12. The van der Waals surface area contributed by atoms with Gasteiger partial charge in [-0.25, -0.2) is 8.78 Å². The van der Waals surface area contributed by atoms with E-state index in [0.717, 1.165) is 12.1 Å². The minimum Gasteiger partial charge on any atom is -0.339 e. The average molecular weight is 259 g/mol. The molecule has 0 N–H and O–H groups in total. The second-order valence-electron chi connectivity index (χ2n) is 3.59. The van der Waals surface area contributed by atoms with Crippen molar-refractivity contribution in [1.82, 2.24) is 10.1 Å². The van der Waals surface area contributed by atoms with Gasteiger partial charge in [0.25, 0.3) is 0 Å². The van der Waals surface area contributed by atoms with Gasteiger partial charge in [-0.05, 0) is 24.6 Å². The van der Waals surface area contributed by atoms with Gasteiger partial charge in [0.05, 0.1) is 11.8 Å². The van der Waals surface area contributed by atoms with Gasteiger partial charge in [-0.2, -0.15) is 4.98 Å². The Balaban J connectivity index is 2.16. The number of nitrogens with zero attached hydrogens (tertiary/aromatic N) is 2. The van der Waals surface area contributed by atoms with Crippen LogP contribution in [-0.2, 0) is 6.42 Å². The molecule has 3 nitrogen and oxygen atoms in total. The maximum absolute atomic E-state index is 13.0. The van der Waals surface area contributed by atoms with E-state index in [0.29, 0.717) is 17.3 Å². The minimum atomic E-state index is -0.895. The molecule has 0 bridgehead atoms. The van der Waals surface area contributed by atoms with E-state index in [1.807, 2.05) is 0 Å². The van der Waals surface area contributed by atoms with Crippen molar-refractivity contribution in [3.8, 4) is 0 Å². The van der Waals surface area contributed by atoms with E-state index in [1.54, 1.807) is 6.92 Å². The third-order valence-corrected chi connectivity index (χ3v) is 2.37. The summed E-state index contributed by atoms with van der Waals surface area (Å²) in [5, 5.41) is 3.32. The van der Waals surface area contributed by atoms with E-state index in [-0.39, 0.29) is 11.8 Å². The normalized spacial score (nSPS) is 12.7. The first-order valence-corrected chi connectivity index (χ1v) is 5.40. The van der Waals surface area contributed by atoms with Crippen molar-refractivity contribution in [2.75, 3.05) is 0 Å². The van der Waals surface area contributed by atoms with Gasteiger partial charge < -0.3 is 4.52 Å². The lowest BCUT2D eigenvalue weighted by Crippen LogP contribution is -1.93. The molecule has 1 unspecified atom stereocenters. The van der Waals surface area contributed by atoms with Crippen molar-refractivity contribution in [2.45, 2.75) is 18.7 Å². The fourth-order valence-electron chi connectivity index (χ4n) is 1.33. The van der Waals surface area contributed by atoms with Gasteiger partial charge in [0.15, 0.2) is 17.5 Å². The standard InChI is InChI=1S/C11H9ClF2N2O/c1-6(12)11-15-10(17-16-11)5-7-2-3-8(13)9(14)4-7/h2-4,6H,5H2,1H3. The molecule has 1 aromatic heterocycles. The van der Waals surface area contributed by atoms with Crippen molar-refractivity contribution in [2.24, 2.45) is 0 Å². The van der Waals surface area contributed by atoms with E-state index >= 15 is 0 Å². The quantitative estimate of drug-likeness (QED) is 0.794. The molecule has 0 amide bonds. The Kier molecular flexibility index (Phi) is 3.38. The van der Waals surface area contributed by atoms with Crippen molar-refractivity contribution >= 4 is 11.6 Å². The molecule has 1 heterocycles. The molecule has 2 aromatic rings. The summed E-state index contributed by atoms with van der Waals surface area (Å²) in [4.78, 5) is 4.03. The lowest BCUT2D eigenvalue weighted by atomic mass is 10.1. The third kappa shape index (κ3) is 2.79.